The van der Waals surface area contributed by atoms with Crippen molar-refractivity contribution >= 4 is 12.0 Å². The van der Waals surface area contributed by atoms with E-state index in [1.54, 1.807) is 13.0 Å². The first kappa shape index (κ1) is 15.0. The Morgan fingerprint density at radius 1 is 1.04 bits per heavy atom. The van der Waals surface area contributed by atoms with E-state index < -0.39 is 18.0 Å². The summed E-state index contributed by atoms with van der Waals surface area (Å²) in [6.07, 6.45) is 1.01. The zero-order chi connectivity index (χ0) is 16.4. The quantitative estimate of drug-likeness (QED) is 0.940. The second kappa shape index (κ2) is 6.08. The highest BCUT2D eigenvalue weighted by Crippen LogP contribution is 2.24. The number of benzene rings is 2. The molecule has 23 heavy (non-hydrogen) atoms. The van der Waals surface area contributed by atoms with E-state index in [-0.39, 0.29) is 0 Å². The van der Waals surface area contributed by atoms with Gasteiger partial charge < -0.3 is 5.11 Å². The van der Waals surface area contributed by atoms with E-state index >= 15 is 0 Å². The van der Waals surface area contributed by atoms with E-state index in [9.17, 15) is 14.7 Å². The predicted molar refractivity (Wildman–Crippen MR) is 88.0 cm³/mol. The minimum Gasteiger partial charge on any atom is -0.465 e. The molecule has 0 radical (unpaired) electrons. The van der Waals surface area contributed by atoms with Crippen LogP contribution in [0.5, 0.6) is 0 Å². The van der Waals surface area contributed by atoms with Gasteiger partial charge in [-0.1, -0.05) is 60.7 Å². The molecular weight excluding hydrogens is 290 g/mol. The van der Waals surface area contributed by atoms with E-state index in [2.05, 4.69) is 0 Å². The van der Waals surface area contributed by atoms with Gasteiger partial charge in [0.05, 0.1) is 6.04 Å². The summed E-state index contributed by atoms with van der Waals surface area (Å²) in [7, 11) is 0. The number of amides is 2. The lowest BCUT2D eigenvalue weighted by Gasteiger charge is -2.19. The molecule has 0 unspecified atom stereocenters. The lowest BCUT2D eigenvalue weighted by atomic mass is 10.0. The molecule has 0 aliphatic carbocycles. The standard InChI is InChI=1S/C19H17NO3/c1-13-11-17(20(18(13)21)19(22)23)12-14-7-9-16(10-8-14)15-5-3-2-4-6-15/h2-11,17H,12H2,1H3,(H,22,23)/t17-/m0/s1. The van der Waals surface area contributed by atoms with Crippen molar-refractivity contribution in [2.45, 2.75) is 19.4 Å². The fourth-order valence-electron chi connectivity index (χ4n) is 2.86. The zero-order valence-electron chi connectivity index (χ0n) is 12.8. The van der Waals surface area contributed by atoms with Crippen molar-refractivity contribution in [2.75, 3.05) is 0 Å². The minimum absolute atomic E-state index is 0.427. The highest BCUT2D eigenvalue weighted by Gasteiger charge is 2.34. The summed E-state index contributed by atoms with van der Waals surface area (Å²) in [5, 5.41) is 9.21. The van der Waals surface area contributed by atoms with E-state index in [0.29, 0.717) is 12.0 Å². The first-order valence-corrected chi connectivity index (χ1v) is 7.45. The summed E-state index contributed by atoms with van der Waals surface area (Å²) >= 11 is 0. The normalized spacial score (nSPS) is 17.3. The van der Waals surface area contributed by atoms with Crippen molar-refractivity contribution in [3.8, 4) is 11.1 Å². The molecule has 0 spiro atoms. The molecule has 0 saturated heterocycles. The number of rotatable bonds is 3. The van der Waals surface area contributed by atoms with Crippen molar-refractivity contribution < 1.29 is 14.7 Å². The van der Waals surface area contributed by atoms with Crippen LogP contribution in [0.1, 0.15) is 12.5 Å². The molecule has 0 bridgehead atoms. The van der Waals surface area contributed by atoms with Crippen LogP contribution >= 0.6 is 0 Å². The first-order chi connectivity index (χ1) is 11.1. The number of hydrogen-bond donors (Lipinski definition) is 1. The largest absolute Gasteiger partial charge is 0.465 e. The van der Waals surface area contributed by atoms with Crippen LogP contribution in [0.2, 0.25) is 0 Å². The van der Waals surface area contributed by atoms with Gasteiger partial charge in [-0.05, 0) is 30.0 Å². The predicted octanol–water partition coefficient (Wildman–Crippen LogP) is 3.73. The summed E-state index contributed by atoms with van der Waals surface area (Å²) in [6, 6.07) is 17.6. The molecule has 1 atom stereocenters. The van der Waals surface area contributed by atoms with E-state index in [4.69, 9.17) is 0 Å². The lowest BCUT2D eigenvalue weighted by molar-refractivity contribution is -0.124. The molecular formula is C19H17NO3. The fourth-order valence-corrected chi connectivity index (χ4v) is 2.86. The van der Waals surface area contributed by atoms with Crippen molar-refractivity contribution in [3.63, 3.8) is 0 Å². The Hall–Kier alpha value is -2.88. The van der Waals surface area contributed by atoms with Gasteiger partial charge in [-0.2, -0.15) is 0 Å². The average molecular weight is 307 g/mol. The van der Waals surface area contributed by atoms with Gasteiger partial charge in [-0.25, -0.2) is 9.69 Å². The molecule has 2 amide bonds. The van der Waals surface area contributed by atoms with Crippen LogP contribution in [0.4, 0.5) is 4.79 Å². The summed E-state index contributed by atoms with van der Waals surface area (Å²) in [5.41, 5.74) is 3.73. The number of imide groups is 1. The third-order valence-electron chi connectivity index (χ3n) is 4.04. The van der Waals surface area contributed by atoms with Crippen molar-refractivity contribution in [3.05, 3.63) is 71.8 Å². The molecule has 2 aromatic carbocycles. The molecule has 0 aromatic heterocycles. The van der Waals surface area contributed by atoms with Gasteiger partial charge in [-0.3, -0.25) is 4.79 Å². The molecule has 1 N–H and O–H groups in total. The SMILES string of the molecule is CC1=C[C@@H](Cc2ccc(-c3ccccc3)cc2)N(C(=O)O)C1=O. The first-order valence-electron chi connectivity index (χ1n) is 7.45. The number of carbonyl (C=O) groups excluding carboxylic acids is 1. The number of nitrogens with zero attached hydrogens (tertiary/aromatic N) is 1. The average Bonchev–Trinajstić information content (AvgIpc) is 2.83. The monoisotopic (exact) mass is 307 g/mol. The Kier molecular flexibility index (Phi) is 3.98. The number of hydrogen-bond acceptors (Lipinski definition) is 2. The van der Waals surface area contributed by atoms with E-state index in [1.165, 1.54) is 0 Å². The van der Waals surface area contributed by atoms with Crippen LogP contribution in [0, 0.1) is 0 Å². The lowest BCUT2D eigenvalue weighted by Crippen LogP contribution is -2.39. The molecule has 116 valence electrons. The molecule has 0 saturated carbocycles. The highest BCUT2D eigenvalue weighted by atomic mass is 16.4. The second-order valence-electron chi connectivity index (χ2n) is 5.64. The van der Waals surface area contributed by atoms with Gasteiger partial charge in [0.1, 0.15) is 0 Å². The van der Waals surface area contributed by atoms with Gasteiger partial charge in [0.2, 0.25) is 0 Å². The Balaban J connectivity index is 1.78. The van der Waals surface area contributed by atoms with Crippen molar-refractivity contribution in [1.29, 1.82) is 0 Å². The van der Waals surface area contributed by atoms with Gasteiger partial charge in [-0.15, -0.1) is 0 Å². The Morgan fingerprint density at radius 2 is 1.65 bits per heavy atom. The maximum absolute atomic E-state index is 11.9. The second-order valence-corrected chi connectivity index (χ2v) is 5.64. The Morgan fingerprint density at radius 3 is 2.26 bits per heavy atom. The van der Waals surface area contributed by atoms with E-state index in [1.807, 2.05) is 54.6 Å². The minimum atomic E-state index is -1.20. The highest BCUT2D eigenvalue weighted by molar-refractivity contribution is 6.04. The van der Waals surface area contributed by atoms with Gasteiger partial charge >= 0.3 is 6.09 Å². The third kappa shape index (κ3) is 3.01. The molecule has 2 aromatic rings. The number of carbonyl (C=O) groups is 2. The molecule has 4 heteroatoms. The van der Waals surface area contributed by atoms with Gasteiger partial charge in [0.15, 0.2) is 0 Å². The maximum Gasteiger partial charge on any atom is 0.414 e. The topological polar surface area (TPSA) is 57.6 Å². The fraction of sp³-hybridized carbons (Fsp3) is 0.158. The van der Waals surface area contributed by atoms with Crippen LogP contribution in [-0.4, -0.2) is 28.0 Å². The maximum atomic E-state index is 11.9. The zero-order valence-corrected chi connectivity index (χ0v) is 12.8. The molecule has 1 aliphatic heterocycles. The Bertz CT molecular complexity index is 763. The molecule has 3 rings (SSSR count). The third-order valence-corrected chi connectivity index (χ3v) is 4.04. The van der Waals surface area contributed by atoms with E-state index in [0.717, 1.165) is 21.6 Å². The smallest absolute Gasteiger partial charge is 0.414 e. The number of carboxylic acid groups (broad SMARTS) is 1. The summed E-state index contributed by atoms with van der Waals surface area (Å²) < 4.78 is 0. The van der Waals surface area contributed by atoms with Crippen LogP contribution in [0.25, 0.3) is 11.1 Å². The van der Waals surface area contributed by atoms with Gasteiger partial charge in [0.25, 0.3) is 5.91 Å². The molecule has 0 fully saturated rings. The molecule has 1 aliphatic rings. The van der Waals surface area contributed by atoms with Crippen LogP contribution < -0.4 is 0 Å². The Labute approximate surface area is 134 Å². The van der Waals surface area contributed by atoms with Crippen LogP contribution in [-0.2, 0) is 11.2 Å². The van der Waals surface area contributed by atoms with Crippen LogP contribution in [0.15, 0.2) is 66.2 Å². The van der Waals surface area contributed by atoms with Crippen molar-refractivity contribution in [2.24, 2.45) is 0 Å². The van der Waals surface area contributed by atoms with Crippen molar-refractivity contribution in [1.82, 2.24) is 4.90 Å². The summed E-state index contributed by atoms with van der Waals surface area (Å²) in [5.74, 6) is -0.427. The summed E-state index contributed by atoms with van der Waals surface area (Å²) in [4.78, 5) is 24.0. The molecule has 1 heterocycles. The molecule has 4 nitrogen and oxygen atoms in total. The van der Waals surface area contributed by atoms with Crippen LogP contribution in [0.3, 0.4) is 0 Å². The summed E-state index contributed by atoms with van der Waals surface area (Å²) in [6.45, 7) is 1.65. The van der Waals surface area contributed by atoms with Gasteiger partial charge in [0, 0.05) is 5.57 Å².